The molecule has 266 valence electrons. The zero-order chi connectivity index (χ0) is 35.5. The second-order valence-corrected chi connectivity index (χ2v) is 15.4. The molecule has 0 unspecified atom stereocenters. The number of aliphatic hydroxyl groups excluding tert-OH is 1. The van der Waals surface area contributed by atoms with Crippen molar-refractivity contribution < 1.29 is 33.5 Å². The summed E-state index contributed by atoms with van der Waals surface area (Å²) in [5, 5.41) is 17.7. The van der Waals surface area contributed by atoms with Gasteiger partial charge in [-0.2, -0.15) is 0 Å². The molecule has 2 aliphatic heterocycles. The zero-order valence-corrected chi connectivity index (χ0v) is 30.3. The Hall–Kier alpha value is -3.97. The molecule has 3 aromatic rings. The van der Waals surface area contributed by atoms with Crippen LogP contribution in [0.2, 0.25) is 0 Å². The highest BCUT2D eigenvalue weighted by Gasteiger charge is 2.43. The van der Waals surface area contributed by atoms with E-state index in [1.807, 2.05) is 78.2 Å². The lowest BCUT2D eigenvalue weighted by Crippen LogP contribution is -2.48. The highest BCUT2D eigenvalue weighted by Crippen LogP contribution is 2.33. The molecule has 2 aliphatic rings. The zero-order valence-electron chi connectivity index (χ0n) is 29.5. The van der Waals surface area contributed by atoms with Crippen LogP contribution in [0.15, 0.2) is 40.4 Å². The van der Waals surface area contributed by atoms with Gasteiger partial charge in [0, 0.05) is 32.1 Å². The quantitative estimate of drug-likeness (QED) is 0.272. The number of β-amino-alcohol motifs (C(OH)–C–C–N with tert-alkyl or cyclic N) is 1. The van der Waals surface area contributed by atoms with Crippen molar-refractivity contribution in [1.82, 2.24) is 25.3 Å². The molecular formula is C36H49N5O7S. The summed E-state index contributed by atoms with van der Waals surface area (Å²) in [6.07, 6.45) is 0.573. The Labute approximate surface area is 292 Å². The Bertz CT molecular complexity index is 1590. The van der Waals surface area contributed by atoms with Gasteiger partial charge >= 0.3 is 6.09 Å². The number of piperidine rings is 1. The van der Waals surface area contributed by atoms with E-state index in [4.69, 9.17) is 14.0 Å². The molecule has 2 aromatic heterocycles. The first-order chi connectivity index (χ1) is 23.2. The van der Waals surface area contributed by atoms with Crippen molar-refractivity contribution in [2.75, 3.05) is 26.2 Å². The maximum absolute atomic E-state index is 14.0. The van der Waals surface area contributed by atoms with Crippen molar-refractivity contribution in [2.24, 2.45) is 11.8 Å². The van der Waals surface area contributed by atoms with E-state index in [-0.39, 0.29) is 54.6 Å². The van der Waals surface area contributed by atoms with E-state index in [0.717, 1.165) is 34.5 Å². The number of hydrogen-bond donors (Lipinski definition) is 2. The van der Waals surface area contributed by atoms with Gasteiger partial charge in [0.05, 0.1) is 34.8 Å². The van der Waals surface area contributed by atoms with Gasteiger partial charge in [0.1, 0.15) is 17.6 Å². The molecule has 4 heterocycles. The number of ether oxygens (including phenoxy) is 2. The number of likely N-dealkylation sites (tertiary alicyclic amines) is 2. The van der Waals surface area contributed by atoms with Crippen LogP contribution >= 0.6 is 11.3 Å². The normalized spacial score (nSPS) is 19.9. The van der Waals surface area contributed by atoms with Crippen molar-refractivity contribution in [1.29, 1.82) is 0 Å². The van der Waals surface area contributed by atoms with Crippen LogP contribution in [0.25, 0.3) is 10.4 Å². The molecule has 13 heteroatoms. The third-order valence-corrected chi connectivity index (χ3v) is 10.1. The standard InChI is InChI=1S/C36H49N5O7S/c1-21(2)31(29-17-30(39-48-29)46-19-24-12-14-40(15-13-24)35(45)47-36(5,6)7)34(44)41-18-27(42)16-28(41)33(43)38-22(3)25-8-10-26(11-9-25)32-23(4)37-20-49-32/h8-11,17,20-22,24,27-28,31,42H,12-16,18-19H2,1-7H3,(H,38,43)/t22-,27+,28-,31+/m0/s1. The van der Waals surface area contributed by atoms with Gasteiger partial charge in [-0.1, -0.05) is 38.1 Å². The summed E-state index contributed by atoms with van der Waals surface area (Å²) < 4.78 is 17.1. The fourth-order valence-corrected chi connectivity index (χ4v) is 7.23. The number of carbonyl (C=O) groups excluding carboxylic acids is 3. The SMILES string of the molecule is Cc1ncsc1-c1ccc([C@H](C)NC(=O)[C@@H]2C[C@@H](O)CN2C(=O)[C@@H](c2cc(OCC3CCN(C(=O)OC(C)(C)C)CC3)no2)C(C)C)cc1. The average Bonchev–Trinajstić information content (AvgIpc) is 3.79. The van der Waals surface area contributed by atoms with E-state index < -0.39 is 23.7 Å². The third-order valence-electron chi connectivity index (χ3n) is 9.12. The lowest BCUT2D eigenvalue weighted by atomic mass is 9.91. The second-order valence-electron chi connectivity index (χ2n) is 14.5. The number of hydrogen-bond acceptors (Lipinski definition) is 10. The van der Waals surface area contributed by atoms with Crippen molar-refractivity contribution in [3.05, 3.63) is 52.9 Å². The van der Waals surface area contributed by atoms with E-state index in [1.165, 1.54) is 4.90 Å². The van der Waals surface area contributed by atoms with E-state index >= 15 is 0 Å². The lowest BCUT2D eigenvalue weighted by molar-refractivity contribution is -0.141. The van der Waals surface area contributed by atoms with Crippen LogP contribution in [0.3, 0.4) is 0 Å². The minimum Gasteiger partial charge on any atom is -0.475 e. The van der Waals surface area contributed by atoms with E-state index in [0.29, 0.717) is 25.5 Å². The van der Waals surface area contributed by atoms with E-state index in [9.17, 15) is 19.5 Å². The van der Waals surface area contributed by atoms with Gasteiger partial charge in [-0.3, -0.25) is 9.59 Å². The highest BCUT2D eigenvalue weighted by atomic mass is 32.1. The number of carbonyl (C=O) groups is 3. The average molecular weight is 696 g/mol. The van der Waals surface area contributed by atoms with Gasteiger partial charge in [0.2, 0.25) is 11.8 Å². The summed E-state index contributed by atoms with van der Waals surface area (Å²) in [7, 11) is 0. The van der Waals surface area contributed by atoms with Gasteiger partial charge in [-0.05, 0) is 75.6 Å². The Morgan fingerprint density at radius 1 is 1.12 bits per heavy atom. The molecule has 2 saturated heterocycles. The highest BCUT2D eigenvalue weighted by molar-refractivity contribution is 7.13. The summed E-state index contributed by atoms with van der Waals surface area (Å²) in [4.78, 5) is 48.6. The summed E-state index contributed by atoms with van der Waals surface area (Å²) in [6, 6.07) is 8.51. The lowest BCUT2D eigenvalue weighted by Gasteiger charge is -2.33. The molecule has 2 N–H and O–H groups in total. The van der Waals surface area contributed by atoms with Crippen molar-refractivity contribution in [3.8, 4) is 16.3 Å². The summed E-state index contributed by atoms with van der Waals surface area (Å²) in [5.41, 5.74) is 4.27. The van der Waals surface area contributed by atoms with Gasteiger partial charge in [-0.15, -0.1) is 11.3 Å². The maximum Gasteiger partial charge on any atom is 0.410 e. The van der Waals surface area contributed by atoms with Crippen molar-refractivity contribution >= 4 is 29.2 Å². The molecule has 3 amide bonds. The number of nitrogens with one attached hydrogen (secondary N) is 1. The number of amides is 3. The number of rotatable bonds is 10. The van der Waals surface area contributed by atoms with Gasteiger partial charge in [-0.25, -0.2) is 9.78 Å². The number of nitrogens with zero attached hydrogens (tertiary/aromatic N) is 4. The van der Waals surface area contributed by atoms with Gasteiger partial charge < -0.3 is 34.2 Å². The van der Waals surface area contributed by atoms with Crippen molar-refractivity contribution in [2.45, 2.75) is 97.4 Å². The summed E-state index contributed by atoms with van der Waals surface area (Å²) in [5.74, 6) is -0.657. The molecule has 0 spiro atoms. The second kappa shape index (κ2) is 15.3. The number of aliphatic hydroxyl groups is 1. The van der Waals surface area contributed by atoms with Gasteiger partial charge in [0.25, 0.3) is 5.88 Å². The molecule has 0 radical (unpaired) electrons. The first kappa shape index (κ1) is 36.3. The van der Waals surface area contributed by atoms with Crippen LogP contribution in [0.5, 0.6) is 5.88 Å². The smallest absolute Gasteiger partial charge is 0.410 e. The predicted octanol–water partition coefficient (Wildman–Crippen LogP) is 5.71. The van der Waals surface area contributed by atoms with E-state index in [1.54, 1.807) is 22.3 Å². The number of thiazole rings is 1. The minimum atomic E-state index is -0.824. The number of aryl methyl sites for hydroxylation is 1. The number of aromatic nitrogens is 2. The Kier molecular flexibility index (Phi) is 11.3. The van der Waals surface area contributed by atoms with Crippen LogP contribution in [0, 0.1) is 18.8 Å². The molecule has 0 saturated carbocycles. The molecular weight excluding hydrogens is 646 g/mol. The Balaban J connectivity index is 1.17. The minimum absolute atomic E-state index is 0.0525. The first-order valence-corrected chi connectivity index (χ1v) is 17.9. The molecule has 2 fully saturated rings. The Morgan fingerprint density at radius 3 is 2.43 bits per heavy atom. The summed E-state index contributed by atoms with van der Waals surface area (Å²) >= 11 is 1.59. The molecule has 49 heavy (non-hydrogen) atoms. The van der Waals surface area contributed by atoms with Crippen LogP contribution in [-0.4, -0.2) is 86.9 Å². The van der Waals surface area contributed by atoms with Crippen LogP contribution in [0.4, 0.5) is 4.79 Å². The van der Waals surface area contributed by atoms with Crippen molar-refractivity contribution in [3.63, 3.8) is 0 Å². The fourth-order valence-electron chi connectivity index (χ4n) is 6.41. The third kappa shape index (κ3) is 8.99. The van der Waals surface area contributed by atoms with Crippen LogP contribution in [-0.2, 0) is 14.3 Å². The monoisotopic (exact) mass is 695 g/mol. The molecule has 0 bridgehead atoms. The Morgan fingerprint density at radius 2 is 1.82 bits per heavy atom. The summed E-state index contributed by atoms with van der Waals surface area (Å²) in [6.45, 7) is 14.9. The largest absolute Gasteiger partial charge is 0.475 e. The first-order valence-electron chi connectivity index (χ1n) is 17.1. The predicted molar refractivity (Wildman–Crippen MR) is 185 cm³/mol. The molecule has 12 nitrogen and oxygen atoms in total. The number of benzene rings is 1. The molecule has 4 atom stereocenters. The van der Waals surface area contributed by atoms with Gasteiger partial charge in [0.15, 0.2) is 5.76 Å². The van der Waals surface area contributed by atoms with Crippen LogP contribution < -0.4 is 10.1 Å². The van der Waals surface area contributed by atoms with Crippen LogP contribution in [0.1, 0.15) is 89.8 Å². The van der Waals surface area contributed by atoms with E-state index in [2.05, 4.69) is 15.5 Å². The molecule has 0 aliphatic carbocycles. The maximum atomic E-state index is 14.0. The molecule has 5 rings (SSSR count). The topological polar surface area (TPSA) is 147 Å². The molecule has 1 aromatic carbocycles. The fraction of sp³-hybridized carbons (Fsp3) is 0.583.